The lowest BCUT2D eigenvalue weighted by atomic mass is 10.0. The Bertz CT molecular complexity index is 312. The van der Waals surface area contributed by atoms with Crippen molar-refractivity contribution in [1.82, 2.24) is 9.80 Å². The molecule has 0 bridgehead atoms. The number of allylic oxidation sites excluding steroid dienone is 4. The van der Waals surface area contributed by atoms with Gasteiger partial charge in [0.05, 0.1) is 0 Å². The molecule has 0 spiro atoms. The van der Waals surface area contributed by atoms with Crippen molar-refractivity contribution < 1.29 is 4.39 Å². The Morgan fingerprint density at radius 1 is 1.31 bits per heavy atom. The van der Waals surface area contributed by atoms with Crippen LogP contribution >= 0.6 is 0 Å². The Morgan fingerprint density at radius 2 is 2.06 bits per heavy atom. The van der Waals surface area contributed by atoms with Gasteiger partial charge in [-0.3, -0.25) is 0 Å². The minimum absolute atomic E-state index is 0.164. The first-order chi connectivity index (χ1) is 7.79. The molecule has 2 aliphatic heterocycles. The fourth-order valence-corrected chi connectivity index (χ4v) is 2.29. The highest BCUT2D eigenvalue weighted by Gasteiger charge is 2.21. The SMILES string of the molecule is CCN1CCC(N2C=CC=CC(F)=C2)CC1. The Labute approximate surface area is 96.7 Å². The van der Waals surface area contributed by atoms with Gasteiger partial charge in [-0.1, -0.05) is 13.0 Å². The van der Waals surface area contributed by atoms with Gasteiger partial charge in [0.2, 0.25) is 0 Å². The zero-order valence-electron chi connectivity index (χ0n) is 9.77. The quantitative estimate of drug-likeness (QED) is 0.708. The molecular weight excluding hydrogens is 203 g/mol. The smallest absolute Gasteiger partial charge is 0.139 e. The highest BCUT2D eigenvalue weighted by atomic mass is 19.1. The molecule has 1 saturated heterocycles. The molecule has 88 valence electrons. The van der Waals surface area contributed by atoms with Crippen LogP contribution in [0, 0.1) is 0 Å². The van der Waals surface area contributed by atoms with Gasteiger partial charge in [-0.15, -0.1) is 0 Å². The molecule has 0 saturated carbocycles. The second kappa shape index (κ2) is 5.30. The van der Waals surface area contributed by atoms with E-state index in [0.717, 1.165) is 32.5 Å². The molecule has 0 aromatic heterocycles. The summed E-state index contributed by atoms with van der Waals surface area (Å²) in [6, 6.07) is 0.449. The molecule has 0 aromatic carbocycles. The maximum atomic E-state index is 13.3. The molecular formula is C13H19FN2. The predicted molar refractivity (Wildman–Crippen MR) is 64.4 cm³/mol. The molecule has 0 aromatic rings. The van der Waals surface area contributed by atoms with Gasteiger partial charge >= 0.3 is 0 Å². The van der Waals surface area contributed by atoms with Crippen molar-refractivity contribution in [3.63, 3.8) is 0 Å². The molecule has 0 amide bonds. The van der Waals surface area contributed by atoms with Gasteiger partial charge in [0.15, 0.2) is 0 Å². The van der Waals surface area contributed by atoms with Crippen LogP contribution in [-0.2, 0) is 0 Å². The number of rotatable bonds is 2. The summed E-state index contributed by atoms with van der Waals surface area (Å²) in [5.74, 6) is -0.164. The highest BCUT2D eigenvalue weighted by Crippen LogP contribution is 2.19. The summed E-state index contributed by atoms with van der Waals surface area (Å²) in [6.45, 7) is 5.55. The van der Waals surface area contributed by atoms with E-state index in [-0.39, 0.29) is 5.83 Å². The Morgan fingerprint density at radius 3 is 2.75 bits per heavy atom. The third kappa shape index (κ3) is 2.73. The normalized spacial score (nSPS) is 23.4. The molecule has 2 nitrogen and oxygen atoms in total. The summed E-state index contributed by atoms with van der Waals surface area (Å²) in [6.07, 6.45) is 10.9. The van der Waals surface area contributed by atoms with Crippen molar-refractivity contribution in [2.24, 2.45) is 0 Å². The summed E-state index contributed by atoms with van der Waals surface area (Å²) >= 11 is 0. The van der Waals surface area contributed by atoms with Gasteiger partial charge in [0.25, 0.3) is 0 Å². The number of piperidine rings is 1. The van der Waals surface area contributed by atoms with E-state index >= 15 is 0 Å². The average Bonchev–Trinajstić information content (AvgIpc) is 2.54. The van der Waals surface area contributed by atoms with Gasteiger partial charge in [-0.2, -0.15) is 0 Å². The van der Waals surface area contributed by atoms with E-state index in [2.05, 4.69) is 11.8 Å². The first-order valence-electron chi connectivity index (χ1n) is 6.01. The van der Waals surface area contributed by atoms with Gasteiger partial charge in [0, 0.05) is 31.5 Å². The van der Waals surface area contributed by atoms with Crippen LogP contribution in [0.4, 0.5) is 4.39 Å². The highest BCUT2D eigenvalue weighted by molar-refractivity contribution is 5.21. The van der Waals surface area contributed by atoms with Crippen LogP contribution < -0.4 is 0 Å². The van der Waals surface area contributed by atoms with E-state index in [4.69, 9.17) is 0 Å². The summed E-state index contributed by atoms with van der Waals surface area (Å²) in [5.41, 5.74) is 0. The van der Waals surface area contributed by atoms with E-state index in [9.17, 15) is 4.39 Å². The lowest BCUT2D eigenvalue weighted by molar-refractivity contribution is 0.170. The minimum atomic E-state index is -0.164. The Hall–Kier alpha value is -1.09. The first-order valence-corrected chi connectivity index (χ1v) is 6.01. The van der Waals surface area contributed by atoms with E-state index in [1.165, 1.54) is 6.08 Å². The minimum Gasteiger partial charge on any atom is -0.348 e. The predicted octanol–water partition coefficient (Wildman–Crippen LogP) is 2.67. The lowest BCUT2D eigenvalue weighted by Gasteiger charge is -2.35. The zero-order valence-corrected chi connectivity index (χ0v) is 9.77. The summed E-state index contributed by atoms with van der Waals surface area (Å²) in [7, 11) is 0. The molecule has 16 heavy (non-hydrogen) atoms. The molecule has 2 rings (SSSR count). The van der Waals surface area contributed by atoms with E-state index in [1.54, 1.807) is 12.3 Å². The maximum Gasteiger partial charge on any atom is 0.139 e. The van der Waals surface area contributed by atoms with Crippen molar-refractivity contribution in [2.75, 3.05) is 19.6 Å². The van der Waals surface area contributed by atoms with Gasteiger partial charge < -0.3 is 9.80 Å². The number of hydrogen-bond acceptors (Lipinski definition) is 2. The lowest BCUT2D eigenvalue weighted by Crippen LogP contribution is -2.41. The molecule has 0 atom stereocenters. The van der Waals surface area contributed by atoms with Gasteiger partial charge in [0.1, 0.15) is 5.83 Å². The summed E-state index contributed by atoms with van der Waals surface area (Å²) in [5, 5.41) is 0. The van der Waals surface area contributed by atoms with E-state index in [1.807, 2.05) is 17.2 Å². The van der Waals surface area contributed by atoms with Crippen LogP contribution in [-0.4, -0.2) is 35.5 Å². The molecule has 0 N–H and O–H groups in total. The molecule has 2 aliphatic rings. The van der Waals surface area contributed by atoms with Crippen molar-refractivity contribution in [3.8, 4) is 0 Å². The number of likely N-dealkylation sites (tertiary alicyclic amines) is 1. The molecule has 2 heterocycles. The summed E-state index contributed by atoms with van der Waals surface area (Å²) in [4.78, 5) is 4.46. The maximum absolute atomic E-state index is 13.3. The van der Waals surface area contributed by atoms with Crippen molar-refractivity contribution in [3.05, 3.63) is 36.5 Å². The standard InChI is InChI=1S/C13H19FN2/c1-2-15-9-6-13(7-10-15)16-8-4-3-5-12(14)11-16/h3-5,8,11,13H,2,6-7,9-10H2,1H3. The summed E-state index contributed by atoms with van der Waals surface area (Å²) < 4.78 is 13.3. The van der Waals surface area contributed by atoms with Crippen LogP contribution in [0.3, 0.4) is 0 Å². The fraction of sp³-hybridized carbons (Fsp3) is 0.538. The number of nitrogens with zero attached hydrogens (tertiary/aromatic N) is 2. The third-order valence-electron chi connectivity index (χ3n) is 3.32. The Kier molecular flexibility index (Phi) is 3.78. The number of hydrogen-bond donors (Lipinski definition) is 0. The second-order valence-corrected chi connectivity index (χ2v) is 4.33. The largest absolute Gasteiger partial charge is 0.348 e. The monoisotopic (exact) mass is 222 g/mol. The molecule has 3 heteroatoms. The molecule has 1 fully saturated rings. The third-order valence-corrected chi connectivity index (χ3v) is 3.32. The fourth-order valence-electron chi connectivity index (χ4n) is 2.29. The van der Waals surface area contributed by atoms with E-state index < -0.39 is 0 Å². The van der Waals surface area contributed by atoms with Crippen LogP contribution in [0.15, 0.2) is 36.5 Å². The van der Waals surface area contributed by atoms with E-state index in [0.29, 0.717) is 6.04 Å². The van der Waals surface area contributed by atoms with Crippen LogP contribution in [0.2, 0.25) is 0 Å². The van der Waals surface area contributed by atoms with Crippen LogP contribution in [0.1, 0.15) is 19.8 Å². The van der Waals surface area contributed by atoms with Crippen LogP contribution in [0.25, 0.3) is 0 Å². The molecule has 0 aliphatic carbocycles. The zero-order chi connectivity index (χ0) is 11.4. The average molecular weight is 222 g/mol. The first kappa shape index (κ1) is 11.4. The second-order valence-electron chi connectivity index (χ2n) is 4.33. The van der Waals surface area contributed by atoms with Crippen molar-refractivity contribution >= 4 is 0 Å². The van der Waals surface area contributed by atoms with Crippen molar-refractivity contribution in [1.29, 1.82) is 0 Å². The van der Waals surface area contributed by atoms with Gasteiger partial charge in [-0.25, -0.2) is 4.39 Å². The molecule has 0 unspecified atom stereocenters. The topological polar surface area (TPSA) is 6.48 Å². The number of halogens is 1. The van der Waals surface area contributed by atoms with Crippen LogP contribution in [0.5, 0.6) is 0 Å². The Balaban J connectivity index is 1.96. The molecule has 0 radical (unpaired) electrons. The van der Waals surface area contributed by atoms with Crippen molar-refractivity contribution in [2.45, 2.75) is 25.8 Å². The van der Waals surface area contributed by atoms with Gasteiger partial charge in [-0.05, 0) is 31.5 Å².